The second-order valence-electron chi connectivity index (χ2n) is 4.35. The minimum atomic E-state index is -0.984. The number of rotatable bonds is 4. The summed E-state index contributed by atoms with van der Waals surface area (Å²) in [6, 6.07) is -0.802. The van der Waals surface area contributed by atoms with Gasteiger partial charge in [0, 0.05) is 13.1 Å². The number of hydrogen-bond acceptors (Lipinski definition) is 2. The molecule has 86 valence electrons. The third-order valence-corrected chi connectivity index (χ3v) is 2.63. The van der Waals surface area contributed by atoms with Crippen LogP contribution in [0.15, 0.2) is 0 Å². The molecule has 0 bridgehead atoms. The van der Waals surface area contributed by atoms with Crippen molar-refractivity contribution in [1.29, 1.82) is 0 Å². The van der Waals surface area contributed by atoms with E-state index in [4.69, 9.17) is 5.11 Å². The lowest BCUT2D eigenvalue weighted by molar-refractivity contribution is -0.140. The molecule has 0 aromatic carbocycles. The zero-order valence-corrected chi connectivity index (χ0v) is 9.36. The maximum Gasteiger partial charge on any atom is 0.326 e. The summed E-state index contributed by atoms with van der Waals surface area (Å²) in [5, 5.41) is 11.4. The molecule has 5 nitrogen and oxygen atoms in total. The lowest BCUT2D eigenvalue weighted by Crippen LogP contribution is -2.49. The Kier molecular flexibility index (Phi) is 3.55. The first-order valence-electron chi connectivity index (χ1n) is 5.19. The first kappa shape index (κ1) is 11.8. The third kappa shape index (κ3) is 3.11. The molecular formula is C10H18N2O3. The van der Waals surface area contributed by atoms with Gasteiger partial charge >= 0.3 is 12.0 Å². The van der Waals surface area contributed by atoms with Gasteiger partial charge in [-0.25, -0.2) is 9.59 Å². The molecule has 0 aromatic rings. The highest BCUT2D eigenvalue weighted by atomic mass is 16.4. The summed E-state index contributed by atoms with van der Waals surface area (Å²) in [5.74, 6) is -1.10. The molecule has 5 heteroatoms. The van der Waals surface area contributed by atoms with Crippen LogP contribution in [0.5, 0.6) is 0 Å². The van der Waals surface area contributed by atoms with Crippen molar-refractivity contribution in [3.63, 3.8) is 0 Å². The Hall–Kier alpha value is -1.26. The predicted molar refractivity (Wildman–Crippen MR) is 55.6 cm³/mol. The molecule has 0 aliphatic heterocycles. The van der Waals surface area contributed by atoms with E-state index < -0.39 is 12.0 Å². The Bertz CT molecular complexity index is 261. The number of aliphatic carboxylic acids is 1. The maximum absolute atomic E-state index is 11.6. The number of amides is 2. The molecule has 1 rings (SSSR count). The highest BCUT2D eigenvalue weighted by molar-refractivity contribution is 5.82. The van der Waals surface area contributed by atoms with Crippen LogP contribution in [0, 0.1) is 5.92 Å². The number of carbonyl (C=O) groups excluding carboxylic acids is 1. The molecule has 15 heavy (non-hydrogen) atoms. The Morgan fingerprint density at radius 1 is 1.40 bits per heavy atom. The zero-order valence-electron chi connectivity index (χ0n) is 9.36. The predicted octanol–water partition coefficient (Wildman–Crippen LogP) is 0.899. The molecule has 1 atom stereocenters. The molecule has 2 amide bonds. The quantitative estimate of drug-likeness (QED) is 0.730. The van der Waals surface area contributed by atoms with Crippen molar-refractivity contribution in [3.05, 3.63) is 0 Å². The molecule has 0 radical (unpaired) electrons. The second-order valence-corrected chi connectivity index (χ2v) is 4.35. The van der Waals surface area contributed by atoms with Crippen LogP contribution in [0.1, 0.15) is 26.7 Å². The molecule has 1 aliphatic rings. The van der Waals surface area contributed by atoms with Crippen LogP contribution in [0.3, 0.4) is 0 Å². The topological polar surface area (TPSA) is 69.6 Å². The number of nitrogens with zero attached hydrogens (tertiary/aromatic N) is 1. The van der Waals surface area contributed by atoms with Crippen LogP contribution < -0.4 is 5.32 Å². The van der Waals surface area contributed by atoms with Crippen LogP contribution in [0.2, 0.25) is 0 Å². The fraction of sp³-hybridized carbons (Fsp3) is 0.800. The van der Waals surface area contributed by atoms with Crippen LogP contribution in [0.4, 0.5) is 4.79 Å². The van der Waals surface area contributed by atoms with E-state index in [1.54, 1.807) is 25.8 Å². The third-order valence-electron chi connectivity index (χ3n) is 2.63. The number of carboxylic acids is 1. The molecule has 1 fully saturated rings. The van der Waals surface area contributed by atoms with Crippen LogP contribution in [0.25, 0.3) is 0 Å². The van der Waals surface area contributed by atoms with Gasteiger partial charge in [-0.05, 0) is 18.8 Å². The summed E-state index contributed by atoms with van der Waals surface area (Å²) in [5.41, 5.74) is 0. The molecule has 1 saturated carbocycles. The number of carbonyl (C=O) groups is 2. The number of hydrogen-bond donors (Lipinski definition) is 2. The van der Waals surface area contributed by atoms with Gasteiger partial charge in [-0.15, -0.1) is 0 Å². The van der Waals surface area contributed by atoms with E-state index in [2.05, 4.69) is 5.32 Å². The van der Waals surface area contributed by atoms with Gasteiger partial charge in [-0.1, -0.05) is 13.8 Å². The molecule has 1 aliphatic carbocycles. The van der Waals surface area contributed by atoms with Gasteiger partial charge in [0.15, 0.2) is 0 Å². The van der Waals surface area contributed by atoms with Crippen molar-refractivity contribution >= 4 is 12.0 Å². The van der Waals surface area contributed by atoms with E-state index in [1.807, 2.05) is 0 Å². The van der Waals surface area contributed by atoms with Gasteiger partial charge in [-0.3, -0.25) is 0 Å². The van der Waals surface area contributed by atoms with Crippen molar-refractivity contribution in [2.24, 2.45) is 5.92 Å². The monoisotopic (exact) mass is 214 g/mol. The molecule has 0 aromatic heterocycles. The summed E-state index contributed by atoms with van der Waals surface area (Å²) >= 11 is 0. The minimum Gasteiger partial charge on any atom is -0.480 e. The summed E-state index contributed by atoms with van der Waals surface area (Å²) in [6.45, 7) is 3.55. The van der Waals surface area contributed by atoms with Gasteiger partial charge < -0.3 is 15.3 Å². The summed E-state index contributed by atoms with van der Waals surface area (Å²) in [4.78, 5) is 24.0. The van der Waals surface area contributed by atoms with Gasteiger partial charge in [0.05, 0.1) is 0 Å². The summed E-state index contributed by atoms with van der Waals surface area (Å²) < 4.78 is 0. The zero-order chi connectivity index (χ0) is 11.6. The van der Waals surface area contributed by atoms with Crippen molar-refractivity contribution < 1.29 is 14.7 Å². The van der Waals surface area contributed by atoms with Crippen molar-refractivity contribution in [2.75, 3.05) is 7.05 Å². The van der Waals surface area contributed by atoms with Gasteiger partial charge in [0.1, 0.15) is 6.04 Å². The van der Waals surface area contributed by atoms with Gasteiger partial charge in [0.25, 0.3) is 0 Å². The minimum absolute atomic E-state index is 0.112. The molecular weight excluding hydrogens is 196 g/mol. The van der Waals surface area contributed by atoms with Crippen LogP contribution >= 0.6 is 0 Å². The number of urea groups is 1. The van der Waals surface area contributed by atoms with Crippen LogP contribution in [-0.4, -0.2) is 41.1 Å². The van der Waals surface area contributed by atoms with E-state index in [0.717, 1.165) is 12.8 Å². The van der Waals surface area contributed by atoms with Gasteiger partial charge in [0.2, 0.25) is 0 Å². The van der Waals surface area contributed by atoms with Crippen LogP contribution in [-0.2, 0) is 4.79 Å². The van der Waals surface area contributed by atoms with Crippen molar-refractivity contribution in [2.45, 2.75) is 38.8 Å². The van der Waals surface area contributed by atoms with Crippen molar-refractivity contribution in [3.8, 4) is 0 Å². The van der Waals surface area contributed by atoms with E-state index in [0.29, 0.717) is 6.04 Å². The van der Waals surface area contributed by atoms with E-state index in [1.165, 1.54) is 0 Å². The maximum atomic E-state index is 11.6. The SMILES string of the molecule is CC(C)[C@H](NC(=O)N(C)C1CC1)C(=O)O. The average molecular weight is 214 g/mol. The Balaban J connectivity index is 2.49. The molecule has 0 unspecified atom stereocenters. The first-order chi connectivity index (χ1) is 6.93. The molecule has 0 heterocycles. The smallest absolute Gasteiger partial charge is 0.326 e. The lowest BCUT2D eigenvalue weighted by atomic mass is 10.1. The Morgan fingerprint density at radius 2 is 1.93 bits per heavy atom. The van der Waals surface area contributed by atoms with Gasteiger partial charge in [-0.2, -0.15) is 0 Å². The first-order valence-corrected chi connectivity index (χ1v) is 5.19. The fourth-order valence-electron chi connectivity index (χ4n) is 1.38. The number of carboxylic acid groups (broad SMARTS) is 1. The Labute approximate surface area is 89.4 Å². The highest BCUT2D eigenvalue weighted by Gasteiger charge is 2.32. The molecule has 0 saturated heterocycles. The lowest BCUT2D eigenvalue weighted by Gasteiger charge is -2.23. The second kappa shape index (κ2) is 4.51. The molecule has 0 spiro atoms. The number of nitrogens with one attached hydrogen (secondary N) is 1. The Morgan fingerprint density at radius 3 is 2.27 bits per heavy atom. The largest absolute Gasteiger partial charge is 0.480 e. The van der Waals surface area contributed by atoms with Crippen molar-refractivity contribution in [1.82, 2.24) is 10.2 Å². The summed E-state index contributed by atoms with van der Waals surface area (Å²) in [7, 11) is 1.70. The van der Waals surface area contributed by atoms with E-state index in [-0.39, 0.29) is 11.9 Å². The average Bonchev–Trinajstić information content (AvgIpc) is 2.94. The highest BCUT2D eigenvalue weighted by Crippen LogP contribution is 2.25. The summed E-state index contributed by atoms with van der Waals surface area (Å²) in [6.07, 6.45) is 2.03. The fourth-order valence-corrected chi connectivity index (χ4v) is 1.38. The standard InChI is InChI=1S/C10H18N2O3/c1-6(2)8(9(13)14)11-10(15)12(3)7-4-5-7/h6-8H,4-5H2,1-3H3,(H,11,15)(H,13,14)/t8-/m0/s1. The van der Waals surface area contributed by atoms with E-state index in [9.17, 15) is 9.59 Å². The normalized spacial score (nSPS) is 17.3. The molecule has 2 N–H and O–H groups in total. The van der Waals surface area contributed by atoms with E-state index >= 15 is 0 Å².